The van der Waals surface area contributed by atoms with E-state index in [-0.39, 0.29) is 11.6 Å². The van der Waals surface area contributed by atoms with Crippen LogP contribution in [0.25, 0.3) is 0 Å². The number of nitrogens with two attached hydrogens (primary N) is 1. The molecule has 0 atom stereocenters. The van der Waals surface area contributed by atoms with Crippen molar-refractivity contribution in [3.63, 3.8) is 0 Å². The Balaban J connectivity index is 2.31. The van der Waals surface area contributed by atoms with Crippen molar-refractivity contribution in [3.8, 4) is 0 Å². The van der Waals surface area contributed by atoms with E-state index in [0.717, 1.165) is 5.75 Å². The van der Waals surface area contributed by atoms with Crippen LogP contribution in [0.5, 0.6) is 0 Å². The van der Waals surface area contributed by atoms with Gasteiger partial charge in [0, 0.05) is 16.8 Å². The SMILES string of the molecule is CCSc1ncc(C(=O)c2ccc(Cl)cc2)c(N)n1. The summed E-state index contributed by atoms with van der Waals surface area (Å²) in [6.07, 6.45) is 1.47. The van der Waals surface area contributed by atoms with Gasteiger partial charge in [0.25, 0.3) is 0 Å². The van der Waals surface area contributed by atoms with Gasteiger partial charge in [-0.1, -0.05) is 30.3 Å². The summed E-state index contributed by atoms with van der Waals surface area (Å²) < 4.78 is 0. The van der Waals surface area contributed by atoms with Gasteiger partial charge in [0.2, 0.25) is 0 Å². The lowest BCUT2D eigenvalue weighted by molar-refractivity contribution is 0.103. The van der Waals surface area contributed by atoms with Crippen LogP contribution in [0.1, 0.15) is 22.8 Å². The van der Waals surface area contributed by atoms with Gasteiger partial charge >= 0.3 is 0 Å². The fourth-order valence-corrected chi connectivity index (χ4v) is 2.18. The average molecular weight is 294 g/mol. The van der Waals surface area contributed by atoms with Gasteiger partial charge in [-0.05, 0) is 30.0 Å². The lowest BCUT2D eigenvalue weighted by Gasteiger charge is -2.05. The topological polar surface area (TPSA) is 68.9 Å². The fraction of sp³-hybridized carbons (Fsp3) is 0.154. The minimum absolute atomic E-state index is 0.200. The van der Waals surface area contributed by atoms with Gasteiger partial charge in [0.15, 0.2) is 10.9 Å². The minimum atomic E-state index is -0.206. The van der Waals surface area contributed by atoms with E-state index in [2.05, 4.69) is 9.97 Å². The van der Waals surface area contributed by atoms with Crippen molar-refractivity contribution in [1.82, 2.24) is 9.97 Å². The summed E-state index contributed by atoms with van der Waals surface area (Å²) in [5.41, 5.74) is 6.63. The molecule has 2 rings (SSSR count). The molecule has 0 amide bonds. The quantitative estimate of drug-likeness (QED) is 0.533. The zero-order valence-electron chi connectivity index (χ0n) is 10.3. The monoisotopic (exact) mass is 293 g/mol. The molecule has 0 aliphatic heterocycles. The predicted molar refractivity (Wildman–Crippen MR) is 77.7 cm³/mol. The summed E-state index contributed by atoms with van der Waals surface area (Å²) >= 11 is 7.26. The number of thioether (sulfide) groups is 1. The van der Waals surface area contributed by atoms with E-state index in [9.17, 15) is 4.79 Å². The molecule has 0 saturated carbocycles. The first-order chi connectivity index (χ1) is 9.11. The predicted octanol–water partition coefficient (Wildman–Crippen LogP) is 3.06. The van der Waals surface area contributed by atoms with Crippen LogP contribution in [0.3, 0.4) is 0 Å². The largest absolute Gasteiger partial charge is 0.383 e. The van der Waals surface area contributed by atoms with Crippen LogP contribution in [0.15, 0.2) is 35.6 Å². The van der Waals surface area contributed by atoms with Crippen LogP contribution in [-0.2, 0) is 0 Å². The zero-order valence-corrected chi connectivity index (χ0v) is 11.8. The van der Waals surface area contributed by atoms with Crippen molar-refractivity contribution in [2.45, 2.75) is 12.1 Å². The van der Waals surface area contributed by atoms with Crippen molar-refractivity contribution in [1.29, 1.82) is 0 Å². The second-order valence-electron chi connectivity index (χ2n) is 3.72. The molecular formula is C13H12ClN3OS. The summed E-state index contributed by atoms with van der Waals surface area (Å²) in [6.45, 7) is 2.00. The number of nitrogens with zero attached hydrogens (tertiary/aromatic N) is 2. The molecule has 1 heterocycles. The third-order valence-electron chi connectivity index (χ3n) is 2.42. The first-order valence-corrected chi connectivity index (χ1v) is 7.03. The molecule has 0 fully saturated rings. The lowest BCUT2D eigenvalue weighted by atomic mass is 10.1. The number of hydrogen-bond acceptors (Lipinski definition) is 5. The Bertz CT molecular complexity index is 601. The van der Waals surface area contributed by atoms with Crippen LogP contribution >= 0.6 is 23.4 Å². The van der Waals surface area contributed by atoms with E-state index in [1.165, 1.54) is 18.0 Å². The van der Waals surface area contributed by atoms with Crippen molar-refractivity contribution in [3.05, 3.63) is 46.6 Å². The molecule has 2 aromatic rings. The highest BCUT2D eigenvalue weighted by Gasteiger charge is 2.14. The fourth-order valence-electron chi connectivity index (χ4n) is 1.51. The molecule has 6 heteroatoms. The van der Waals surface area contributed by atoms with Crippen molar-refractivity contribution in [2.24, 2.45) is 0 Å². The Morgan fingerprint density at radius 1 is 1.37 bits per heavy atom. The first-order valence-electron chi connectivity index (χ1n) is 5.67. The van der Waals surface area contributed by atoms with Crippen LogP contribution in [0, 0.1) is 0 Å². The normalized spacial score (nSPS) is 10.4. The maximum absolute atomic E-state index is 12.2. The number of carbonyl (C=O) groups is 1. The maximum Gasteiger partial charge on any atom is 0.198 e. The molecule has 1 aromatic carbocycles. The van der Waals surface area contributed by atoms with Crippen LogP contribution in [0.4, 0.5) is 5.82 Å². The highest BCUT2D eigenvalue weighted by molar-refractivity contribution is 7.99. The second-order valence-corrected chi connectivity index (χ2v) is 5.39. The van der Waals surface area contributed by atoms with E-state index in [1.54, 1.807) is 24.3 Å². The molecule has 19 heavy (non-hydrogen) atoms. The van der Waals surface area contributed by atoms with E-state index >= 15 is 0 Å². The van der Waals surface area contributed by atoms with Gasteiger partial charge in [-0.15, -0.1) is 0 Å². The number of benzene rings is 1. The number of anilines is 1. The maximum atomic E-state index is 12.2. The molecule has 1 aromatic heterocycles. The van der Waals surface area contributed by atoms with Gasteiger partial charge in [-0.3, -0.25) is 4.79 Å². The molecule has 0 aliphatic carbocycles. The molecule has 0 aliphatic rings. The Morgan fingerprint density at radius 3 is 2.63 bits per heavy atom. The minimum Gasteiger partial charge on any atom is -0.383 e. The Kier molecular flexibility index (Phi) is 4.39. The third kappa shape index (κ3) is 3.24. The number of rotatable bonds is 4. The van der Waals surface area contributed by atoms with Crippen LogP contribution < -0.4 is 5.73 Å². The molecule has 0 saturated heterocycles. The second kappa shape index (κ2) is 6.04. The van der Waals surface area contributed by atoms with E-state index in [0.29, 0.717) is 21.3 Å². The summed E-state index contributed by atoms with van der Waals surface area (Å²) in [6, 6.07) is 6.62. The third-order valence-corrected chi connectivity index (χ3v) is 3.42. The Hall–Kier alpha value is -1.59. The smallest absolute Gasteiger partial charge is 0.198 e. The molecule has 0 radical (unpaired) electrons. The number of nitrogen functional groups attached to an aromatic ring is 1. The number of carbonyl (C=O) groups excluding carboxylic acids is 1. The van der Waals surface area contributed by atoms with Crippen molar-refractivity contribution >= 4 is 35.0 Å². The van der Waals surface area contributed by atoms with Crippen LogP contribution in [0.2, 0.25) is 5.02 Å². The van der Waals surface area contributed by atoms with Gasteiger partial charge in [0.1, 0.15) is 5.82 Å². The molecule has 98 valence electrons. The standard InChI is InChI=1S/C13H12ClN3OS/c1-2-19-13-16-7-10(12(15)17-13)11(18)8-3-5-9(14)6-4-8/h3-7H,2H2,1H3,(H2,15,16,17). The lowest BCUT2D eigenvalue weighted by Crippen LogP contribution is -2.08. The molecule has 0 bridgehead atoms. The van der Waals surface area contributed by atoms with Crippen molar-refractivity contribution < 1.29 is 4.79 Å². The zero-order chi connectivity index (χ0) is 13.8. The number of ketones is 1. The highest BCUT2D eigenvalue weighted by atomic mass is 35.5. The molecule has 0 unspecified atom stereocenters. The van der Waals surface area contributed by atoms with Gasteiger partial charge in [-0.2, -0.15) is 0 Å². The molecule has 2 N–H and O–H groups in total. The van der Waals surface area contributed by atoms with E-state index < -0.39 is 0 Å². The van der Waals surface area contributed by atoms with Gasteiger partial charge in [-0.25, -0.2) is 9.97 Å². The molecular weight excluding hydrogens is 282 g/mol. The summed E-state index contributed by atoms with van der Waals surface area (Å²) in [7, 11) is 0. The van der Waals surface area contributed by atoms with Crippen LogP contribution in [-0.4, -0.2) is 21.5 Å². The summed E-state index contributed by atoms with van der Waals surface area (Å²) in [4.78, 5) is 20.5. The van der Waals surface area contributed by atoms with Gasteiger partial charge < -0.3 is 5.73 Å². The Labute approximate surface area is 120 Å². The Morgan fingerprint density at radius 2 is 2.05 bits per heavy atom. The van der Waals surface area contributed by atoms with E-state index in [4.69, 9.17) is 17.3 Å². The number of hydrogen-bond donors (Lipinski definition) is 1. The molecule has 0 spiro atoms. The highest BCUT2D eigenvalue weighted by Crippen LogP contribution is 2.19. The average Bonchev–Trinajstić information content (AvgIpc) is 2.39. The van der Waals surface area contributed by atoms with Crippen molar-refractivity contribution in [2.75, 3.05) is 11.5 Å². The van der Waals surface area contributed by atoms with Gasteiger partial charge in [0.05, 0.1) is 5.56 Å². The molecule has 4 nitrogen and oxygen atoms in total. The number of aromatic nitrogens is 2. The number of halogens is 1. The summed E-state index contributed by atoms with van der Waals surface area (Å²) in [5.74, 6) is 0.845. The first kappa shape index (κ1) is 13.8. The van der Waals surface area contributed by atoms with E-state index in [1.807, 2.05) is 6.92 Å². The summed E-state index contributed by atoms with van der Waals surface area (Å²) in [5, 5.41) is 1.16.